The van der Waals surface area contributed by atoms with Gasteiger partial charge >= 0.3 is 12.4 Å². The van der Waals surface area contributed by atoms with Gasteiger partial charge in [-0.25, -0.2) is 0 Å². The molecule has 0 fully saturated rings. The third-order valence-electron chi connectivity index (χ3n) is 6.17. The van der Waals surface area contributed by atoms with E-state index in [1.165, 1.54) is 4.57 Å². The van der Waals surface area contributed by atoms with E-state index in [1.54, 1.807) is 12.1 Å². The van der Waals surface area contributed by atoms with Crippen molar-refractivity contribution in [3.8, 4) is 0 Å². The summed E-state index contributed by atoms with van der Waals surface area (Å²) >= 11 is 0. The van der Waals surface area contributed by atoms with Crippen LogP contribution in [0.5, 0.6) is 0 Å². The average Bonchev–Trinajstić information content (AvgIpc) is 3.11. The molecule has 0 saturated carbocycles. The van der Waals surface area contributed by atoms with Crippen molar-refractivity contribution in [2.24, 2.45) is 0 Å². The largest absolute Gasteiger partial charge is 0.416 e. The number of fused-ring (bicyclic) bond motifs is 1. The molecule has 0 saturated heterocycles. The maximum absolute atomic E-state index is 13.6. The summed E-state index contributed by atoms with van der Waals surface area (Å²) in [4.78, 5) is 13.6. The molecule has 190 valence electrons. The third-order valence-corrected chi connectivity index (χ3v) is 6.17. The number of alkyl halides is 6. The maximum atomic E-state index is 13.6. The molecule has 0 aliphatic rings. The molecule has 0 aliphatic heterocycles. The SMILES string of the molecule is CCCCCc1c(CCCCC)n(C(=O)c2cc(C(F)(F)F)cc(C(F)(F)F)c2)c2ccccc12. The van der Waals surface area contributed by atoms with Crippen LogP contribution >= 0.6 is 0 Å². The molecule has 35 heavy (non-hydrogen) atoms. The minimum Gasteiger partial charge on any atom is -0.280 e. The van der Waals surface area contributed by atoms with E-state index in [0.29, 0.717) is 36.2 Å². The summed E-state index contributed by atoms with van der Waals surface area (Å²) in [6.45, 7) is 4.10. The van der Waals surface area contributed by atoms with Gasteiger partial charge in [0.25, 0.3) is 5.91 Å². The minimum atomic E-state index is -5.02. The van der Waals surface area contributed by atoms with E-state index in [4.69, 9.17) is 0 Å². The van der Waals surface area contributed by atoms with Gasteiger partial charge in [0.05, 0.1) is 16.6 Å². The smallest absolute Gasteiger partial charge is 0.280 e. The second-order valence-electron chi connectivity index (χ2n) is 8.79. The highest BCUT2D eigenvalue weighted by atomic mass is 19.4. The molecule has 3 rings (SSSR count). The molecule has 2 nitrogen and oxygen atoms in total. The Kier molecular flexibility index (Phi) is 8.34. The van der Waals surface area contributed by atoms with Crippen molar-refractivity contribution in [2.75, 3.05) is 0 Å². The van der Waals surface area contributed by atoms with E-state index >= 15 is 0 Å². The van der Waals surface area contributed by atoms with Gasteiger partial charge in [-0.15, -0.1) is 0 Å². The molecule has 0 unspecified atom stereocenters. The maximum Gasteiger partial charge on any atom is 0.416 e. The quantitative estimate of drug-likeness (QED) is 0.214. The lowest BCUT2D eigenvalue weighted by atomic mass is 10.0. The highest BCUT2D eigenvalue weighted by molar-refractivity contribution is 6.04. The third kappa shape index (κ3) is 6.08. The predicted molar refractivity (Wildman–Crippen MR) is 125 cm³/mol. The topological polar surface area (TPSA) is 22.0 Å². The van der Waals surface area contributed by atoms with Gasteiger partial charge in [0.2, 0.25) is 0 Å². The highest BCUT2D eigenvalue weighted by Gasteiger charge is 2.38. The summed E-state index contributed by atoms with van der Waals surface area (Å²) in [7, 11) is 0. The number of hydrogen-bond donors (Lipinski definition) is 0. The number of para-hydroxylation sites is 1. The number of halogens is 6. The van der Waals surface area contributed by atoms with E-state index < -0.39 is 35.0 Å². The Bertz CT molecular complexity index is 1140. The van der Waals surface area contributed by atoms with Crippen LogP contribution in [0, 0.1) is 0 Å². The zero-order valence-corrected chi connectivity index (χ0v) is 19.8. The first-order valence-electron chi connectivity index (χ1n) is 11.9. The summed E-state index contributed by atoms with van der Waals surface area (Å²) in [5.74, 6) is -0.883. The van der Waals surface area contributed by atoms with E-state index in [2.05, 4.69) is 6.92 Å². The average molecular weight is 498 g/mol. The number of rotatable bonds is 9. The van der Waals surface area contributed by atoms with Crippen molar-refractivity contribution < 1.29 is 31.1 Å². The van der Waals surface area contributed by atoms with E-state index in [0.717, 1.165) is 49.5 Å². The number of nitrogens with zero attached hydrogens (tertiary/aromatic N) is 1. The zero-order valence-electron chi connectivity index (χ0n) is 19.8. The van der Waals surface area contributed by atoms with Crippen LogP contribution in [0.4, 0.5) is 26.3 Å². The Morgan fingerprint density at radius 2 is 1.31 bits per heavy atom. The number of carbonyl (C=O) groups excluding carboxylic acids is 1. The Balaban J connectivity index is 2.23. The molecule has 2 aromatic carbocycles. The lowest BCUT2D eigenvalue weighted by Crippen LogP contribution is -2.19. The van der Waals surface area contributed by atoms with Crippen LogP contribution in [-0.2, 0) is 25.2 Å². The normalized spacial score (nSPS) is 12.5. The van der Waals surface area contributed by atoms with Gasteiger partial charge in [-0.05, 0) is 55.5 Å². The van der Waals surface area contributed by atoms with Crippen LogP contribution in [0.2, 0.25) is 0 Å². The van der Waals surface area contributed by atoms with Gasteiger partial charge in [-0.3, -0.25) is 9.36 Å². The summed E-state index contributed by atoms with van der Waals surface area (Å²) < 4.78 is 81.9. The molecule has 0 atom stereocenters. The lowest BCUT2D eigenvalue weighted by molar-refractivity contribution is -0.143. The number of unbranched alkanes of at least 4 members (excludes halogenated alkanes) is 4. The molecule has 3 aromatic rings. The number of benzene rings is 2. The molecule has 0 radical (unpaired) electrons. The monoisotopic (exact) mass is 497 g/mol. The van der Waals surface area contributed by atoms with Crippen molar-refractivity contribution in [2.45, 2.75) is 77.6 Å². The molecule has 0 bridgehead atoms. The van der Waals surface area contributed by atoms with Crippen LogP contribution in [0.15, 0.2) is 42.5 Å². The van der Waals surface area contributed by atoms with Crippen molar-refractivity contribution in [1.29, 1.82) is 0 Å². The number of hydrogen-bond acceptors (Lipinski definition) is 1. The second-order valence-corrected chi connectivity index (χ2v) is 8.79. The first kappa shape index (κ1) is 26.8. The van der Waals surface area contributed by atoms with Crippen molar-refractivity contribution in [1.82, 2.24) is 4.57 Å². The van der Waals surface area contributed by atoms with Crippen LogP contribution in [0.25, 0.3) is 10.9 Å². The van der Waals surface area contributed by atoms with Gasteiger partial charge in [0, 0.05) is 16.6 Å². The summed E-state index contributed by atoms with van der Waals surface area (Å²) in [5, 5.41) is 0.812. The number of carbonyl (C=O) groups is 1. The van der Waals surface area contributed by atoms with E-state index in [1.807, 2.05) is 19.1 Å². The fraction of sp³-hybridized carbons (Fsp3) is 0.444. The van der Waals surface area contributed by atoms with Gasteiger partial charge < -0.3 is 0 Å². The van der Waals surface area contributed by atoms with Gasteiger partial charge in [0.15, 0.2) is 0 Å². The molecular formula is C27H29F6NO. The molecule has 0 aliphatic carbocycles. The molecule has 1 heterocycles. The van der Waals surface area contributed by atoms with Crippen LogP contribution in [0.1, 0.15) is 85.1 Å². The lowest BCUT2D eigenvalue weighted by Gasteiger charge is -2.16. The fourth-order valence-electron chi connectivity index (χ4n) is 4.43. The Labute approximate surface area is 200 Å². The summed E-state index contributed by atoms with van der Waals surface area (Å²) in [6, 6.07) is 8.16. The van der Waals surface area contributed by atoms with Crippen LogP contribution in [-0.4, -0.2) is 10.5 Å². The van der Waals surface area contributed by atoms with Gasteiger partial charge in [-0.2, -0.15) is 26.3 Å². The van der Waals surface area contributed by atoms with Gasteiger partial charge in [-0.1, -0.05) is 57.7 Å². The predicted octanol–water partition coefficient (Wildman–Crippen LogP) is 8.83. The fourth-order valence-corrected chi connectivity index (χ4v) is 4.43. The molecular weight excluding hydrogens is 468 g/mol. The molecule has 1 aromatic heterocycles. The standard InChI is InChI=1S/C27H29F6NO/c1-3-5-7-11-21-22-12-9-10-14-24(22)34(23(21)13-8-6-4-2)25(35)18-15-19(26(28,29)30)17-20(16-18)27(31,32)33/h9-10,12,14-17H,3-8,11,13H2,1-2H3. The Morgan fingerprint density at radius 3 is 1.86 bits per heavy atom. The van der Waals surface area contributed by atoms with Crippen molar-refractivity contribution in [3.05, 3.63) is 70.4 Å². The zero-order chi connectivity index (χ0) is 25.8. The summed E-state index contributed by atoms with van der Waals surface area (Å²) in [5.41, 5.74) is -1.51. The molecule has 0 N–H and O–H groups in total. The molecule has 8 heteroatoms. The minimum absolute atomic E-state index is 0.0445. The highest BCUT2D eigenvalue weighted by Crippen LogP contribution is 2.37. The number of aryl methyl sites for hydroxylation is 1. The second kappa shape index (κ2) is 10.9. The van der Waals surface area contributed by atoms with Crippen LogP contribution < -0.4 is 0 Å². The van der Waals surface area contributed by atoms with E-state index in [9.17, 15) is 31.1 Å². The number of aromatic nitrogens is 1. The van der Waals surface area contributed by atoms with Crippen LogP contribution in [0.3, 0.4) is 0 Å². The molecule has 0 amide bonds. The first-order chi connectivity index (χ1) is 16.5. The van der Waals surface area contributed by atoms with Crippen molar-refractivity contribution in [3.63, 3.8) is 0 Å². The van der Waals surface area contributed by atoms with E-state index in [-0.39, 0.29) is 6.07 Å². The summed E-state index contributed by atoms with van der Waals surface area (Å²) in [6.07, 6.45) is -3.41. The Morgan fingerprint density at radius 1 is 0.771 bits per heavy atom. The van der Waals surface area contributed by atoms with Gasteiger partial charge in [0.1, 0.15) is 0 Å². The Hall–Kier alpha value is -2.77. The first-order valence-corrected chi connectivity index (χ1v) is 11.9. The molecule has 0 spiro atoms. The van der Waals surface area contributed by atoms with Crippen molar-refractivity contribution >= 4 is 16.8 Å².